The molecule has 0 radical (unpaired) electrons. The molecule has 0 spiro atoms. The van der Waals surface area contributed by atoms with Crippen LogP contribution in [0.25, 0.3) is 0 Å². The van der Waals surface area contributed by atoms with E-state index in [0.29, 0.717) is 0 Å². The molecule has 0 fully saturated rings. The lowest BCUT2D eigenvalue weighted by Gasteiger charge is -2.16. The molecule has 0 unspecified atom stereocenters. The van der Waals surface area contributed by atoms with Crippen LogP contribution in [-0.4, -0.2) is 6.79 Å². The average molecular weight is 413 g/mol. The minimum Gasteiger partial charge on any atom is -0.454 e. The van der Waals surface area contributed by atoms with Crippen LogP contribution >= 0.6 is 31.9 Å². The standard InChI is InChI=1S/C16H15Br2NO2/c1-10(12-4-2-3-5-13(12)17)19-8-11-6-14(18)16-15(7-11)20-9-21-16/h2-7,10,19H,8-9H2,1H3/t10-/m0/s1. The number of halogens is 2. The number of ether oxygens (including phenoxy) is 2. The highest BCUT2D eigenvalue weighted by atomic mass is 79.9. The molecule has 1 N–H and O–H groups in total. The first-order chi connectivity index (χ1) is 10.1. The molecule has 1 aliphatic rings. The van der Waals surface area contributed by atoms with Crippen molar-refractivity contribution in [2.45, 2.75) is 19.5 Å². The Morgan fingerprint density at radius 2 is 1.95 bits per heavy atom. The zero-order chi connectivity index (χ0) is 14.8. The van der Waals surface area contributed by atoms with Crippen LogP contribution in [0.15, 0.2) is 45.3 Å². The fourth-order valence-corrected chi connectivity index (χ4v) is 3.56. The van der Waals surface area contributed by atoms with Gasteiger partial charge in [-0.15, -0.1) is 0 Å². The van der Waals surface area contributed by atoms with E-state index in [9.17, 15) is 0 Å². The van der Waals surface area contributed by atoms with E-state index < -0.39 is 0 Å². The predicted molar refractivity (Wildman–Crippen MR) is 89.7 cm³/mol. The molecule has 0 aliphatic carbocycles. The summed E-state index contributed by atoms with van der Waals surface area (Å²) < 4.78 is 12.9. The third kappa shape index (κ3) is 3.25. The number of rotatable bonds is 4. The molecular weight excluding hydrogens is 398 g/mol. The molecule has 0 amide bonds. The van der Waals surface area contributed by atoms with E-state index in [1.807, 2.05) is 12.1 Å². The van der Waals surface area contributed by atoms with Gasteiger partial charge in [0.25, 0.3) is 0 Å². The molecule has 1 aliphatic heterocycles. The van der Waals surface area contributed by atoms with E-state index in [1.165, 1.54) is 5.56 Å². The van der Waals surface area contributed by atoms with Crippen LogP contribution in [0.1, 0.15) is 24.1 Å². The molecule has 0 aromatic heterocycles. The Hall–Kier alpha value is -1.04. The monoisotopic (exact) mass is 411 g/mol. The first-order valence-corrected chi connectivity index (χ1v) is 8.29. The van der Waals surface area contributed by atoms with E-state index in [-0.39, 0.29) is 12.8 Å². The highest BCUT2D eigenvalue weighted by Gasteiger charge is 2.18. The lowest BCUT2D eigenvalue weighted by atomic mass is 10.1. The first kappa shape index (κ1) is 14.9. The molecule has 0 bridgehead atoms. The predicted octanol–water partition coefficient (Wildman–Crippen LogP) is 4.79. The fourth-order valence-electron chi connectivity index (χ4n) is 2.33. The summed E-state index contributed by atoms with van der Waals surface area (Å²) in [7, 11) is 0. The van der Waals surface area contributed by atoms with Crippen LogP contribution in [0.3, 0.4) is 0 Å². The van der Waals surface area contributed by atoms with Crippen molar-refractivity contribution in [3.05, 3.63) is 56.5 Å². The summed E-state index contributed by atoms with van der Waals surface area (Å²) in [5, 5.41) is 3.53. The Labute approximate surface area is 140 Å². The topological polar surface area (TPSA) is 30.5 Å². The summed E-state index contributed by atoms with van der Waals surface area (Å²) in [4.78, 5) is 0. The maximum absolute atomic E-state index is 5.44. The number of nitrogens with one attached hydrogen (secondary N) is 1. The van der Waals surface area contributed by atoms with Crippen LogP contribution in [0.2, 0.25) is 0 Å². The van der Waals surface area contributed by atoms with Crippen molar-refractivity contribution < 1.29 is 9.47 Å². The van der Waals surface area contributed by atoms with Crippen molar-refractivity contribution in [2.75, 3.05) is 6.79 Å². The SMILES string of the molecule is C[C@H](NCc1cc(Br)c2c(c1)OCO2)c1ccccc1Br. The van der Waals surface area contributed by atoms with Gasteiger partial charge in [-0.2, -0.15) is 0 Å². The van der Waals surface area contributed by atoms with Gasteiger partial charge in [0, 0.05) is 17.1 Å². The summed E-state index contributed by atoms with van der Waals surface area (Å²) in [6.45, 7) is 3.21. The van der Waals surface area contributed by atoms with E-state index in [0.717, 1.165) is 32.6 Å². The second-order valence-corrected chi connectivity index (χ2v) is 6.64. The van der Waals surface area contributed by atoms with Gasteiger partial charge in [0.1, 0.15) is 0 Å². The van der Waals surface area contributed by atoms with E-state index in [2.05, 4.69) is 68.4 Å². The molecule has 110 valence electrons. The number of hydrogen-bond donors (Lipinski definition) is 1. The summed E-state index contributed by atoms with van der Waals surface area (Å²) in [5.74, 6) is 1.59. The number of benzene rings is 2. The number of fused-ring (bicyclic) bond motifs is 1. The van der Waals surface area contributed by atoms with E-state index >= 15 is 0 Å². The molecule has 2 aromatic carbocycles. The fraction of sp³-hybridized carbons (Fsp3) is 0.250. The van der Waals surface area contributed by atoms with Gasteiger partial charge in [-0.25, -0.2) is 0 Å². The lowest BCUT2D eigenvalue weighted by Crippen LogP contribution is -2.18. The molecular formula is C16H15Br2NO2. The highest BCUT2D eigenvalue weighted by Crippen LogP contribution is 2.40. The molecule has 2 aromatic rings. The van der Waals surface area contributed by atoms with Gasteiger partial charge in [0.15, 0.2) is 11.5 Å². The molecule has 21 heavy (non-hydrogen) atoms. The molecule has 0 saturated heterocycles. The van der Waals surface area contributed by atoms with Gasteiger partial charge >= 0.3 is 0 Å². The Kier molecular flexibility index (Phi) is 4.52. The van der Waals surface area contributed by atoms with Crippen LogP contribution in [0, 0.1) is 0 Å². The molecule has 3 rings (SSSR count). The zero-order valence-electron chi connectivity index (χ0n) is 11.5. The van der Waals surface area contributed by atoms with Crippen LogP contribution < -0.4 is 14.8 Å². The Morgan fingerprint density at radius 3 is 2.76 bits per heavy atom. The maximum atomic E-state index is 5.44. The Morgan fingerprint density at radius 1 is 1.14 bits per heavy atom. The van der Waals surface area contributed by atoms with Crippen molar-refractivity contribution in [1.29, 1.82) is 0 Å². The largest absolute Gasteiger partial charge is 0.454 e. The molecule has 1 heterocycles. The van der Waals surface area contributed by atoms with Gasteiger partial charge in [-0.3, -0.25) is 0 Å². The van der Waals surface area contributed by atoms with Crippen molar-refractivity contribution in [2.24, 2.45) is 0 Å². The smallest absolute Gasteiger partial charge is 0.231 e. The van der Waals surface area contributed by atoms with Crippen LogP contribution in [-0.2, 0) is 6.54 Å². The van der Waals surface area contributed by atoms with Crippen LogP contribution in [0.5, 0.6) is 11.5 Å². The summed E-state index contributed by atoms with van der Waals surface area (Å²) in [6, 6.07) is 12.6. The minimum atomic E-state index is 0.254. The van der Waals surface area contributed by atoms with Gasteiger partial charge in [-0.1, -0.05) is 34.1 Å². The molecule has 0 saturated carbocycles. The Balaban J connectivity index is 1.71. The van der Waals surface area contributed by atoms with Gasteiger partial charge in [0.05, 0.1) is 4.47 Å². The quantitative estimate of drug-likeness (QED) is 0.782. The van der Waals surface area contributed by atoms with Crippen LogP contribution in [0.4, 0.5) is 0 Å². The van der Waals surface area contributed by atoms with Crippen molar-refractivity contribution in [1.82, 2.24) is 5.32 Å². The maximum Gasteiger partial charge on any atom is 0.231 e. The third-order valence-corrected chi connectivity index (χ3v) is 4.78. The average Bonchev–Trinajstić information content (AvgIpc) is 2.94. The van der Waals surface area contributed by atoms with Crippen molar-refractivity contribution >= 4 is 31.9 Å². The Bertz CT molecular complexity index is 661. The van der Waals surface area contributed by atoms with Crippen molar-refractivity contribution in [3.63, 3.8) is 0 Å². The second kappa shape index (κ2) is 6.38. The molecule has 3 nitrogen and oxygen atoms in total. The summed E-state index contributed by atoms with van der Waals surface area (Å²) in [5.41, 5.74) is 2.40. The normalized spacial score (nSPS) is 14.2. The second-order valence-electron chi connectivity index (χ2n) is 4.94. The zero-order valence-corrected chi connectivity index (χ0v) is 14.7. The summed E-state index contributed by atoms with van der Waals surface area (Å²) in [6.07, 6.45) is 0. The van der Waals surface area contributed by atoms with Gasteiger partial charge in [-0.05, 0) is 52.2 Å². The van der Waals surface area contributed by atoms with E-state index in [4.69, 9.17) is 9.47 Å². The van der Waals surface area contributed by atoms with Gasteiger partial charge in [0.2, 0.25) is 6.79 Å². The highest BCUT2D eigenvalue weighted by molar-refractivity contribution is 9.10. The molecule has 1 atom stereocenters. The van der Waals surface area contributed by atoms with E-state index in [1.54, 1.807) is 0 Å². The first-order valence-electron chi connectivity index (χ1n) is 6.71. The minimum absolute atomic E-state index is 0.254. The van der Waals surface area contributed by atoms with Gasteiger partial charge < -0.3 is 14.8 Å². The third-order valence-electron chi connectivity index (χ3n) is 3.47. The van der Waals surface area contributed by atoms with Crippen molar-refractivity contribution in [3.8, 4) is 11.5 Å². The lowest BCUT2D eigenvalue weighted by molar-refractivity contribution is 0.173. The summed E-state index contributed by atoms with van der Waals surface area (Å²) >= 11 is 7.11. The molecule has 5 heteroatoms. The number of hydrogen-bond acceptors (Lipinski definition) is 3.